The second-order valence-electron chi connectivity index (χ2n) is 6.19. The van der Waals surface area contributed by atoms with Gasteiger partial charge in [0, 0.05) is 18.0 Å². The van der Waals surface area contributed by atoms with Crippen molar-refractivity contribution in [2.45, 2.75) is 64.3 Å². The van der Waals surface area contributed by atoms with Crippen molar-refractivity contribution < 1.29 is 4.79 Å². The first kappa shape index (κ1) is 12.9. The van der Waals surface area contributed by atoms with Crippen LogP contribution < -0.4 is 11.1 Å². The molecular formula is C14H26N2O. The molecule has 0 aromatic heterocycles. The zero-order valence-corrected chi connectivity index (χ0v) is 11.0. The van der Waals surface area contributed by atoms with Gasteiger partial charge in [-0.1, -0.05) is 32.6 Å². The normalized spacial score (nSPS) is 32.4. The van der Waals surface area contributed by atoms with Crippen molar-refractivity contribution in [2.75, 3.05) is 6.54 Å². The van der Waals surface area contributed by atoms with Crippen molar-refractivity contribution in [3.05, 3.63) is 0 Å². The highest BCUT2D eigenvalue weighted by atomic mass is 16.2. The van der Waals surface area contributed by atoms with Gasteiger partial charge in [-0.3, -0.25) is 4.79 Å². The Bertz CT molecular complexity index is 271. The molecule has 0 aromatic carbocycles. The first-order valence-electron chi connectivity index (χ1n) is 7.16. The number of nitrogens with two attached hydrogens (primary N) is 1. The van der Waals surface area contributed by atoms with Crippen molar-refractivity contribution >= 4 is 5.91 Å². The largest absolute Gasteiger partial charge is 0.355 e. The SMILES string of the molecule is CC1(C(=O)NCC2CCCC2N)CCCCC1. The zero-order valence-electron chi connectivity index (χ0n) is 11.0. The van der Waals surface area contributed by atoms with Gasteiger partial charge in [0.2, 0.25) is 5.91 Å². The lowest BCUT2D eigenvalue weighted by molar-refractivity contribution is -0.132. The van der Waals surface area contributed by atoms with Gasteiger partial charge in [0.1, 0.15) is 0 Å². The maximum atomic E-state index is 12.2. The molecule has 0 aromatic rings. The van der Waals surface area contributed by atoms with Crippen LogP contribution in [0.2, 0.25) is 0 Å². The van der Waals surface area contributed by atoms with Gasteiger partial charge >= 0.3 is 0 Å². The van der Waals surface area contributed by atoms with E-state index in [2.05, 4.69) is 12.2 Å². The Labute approximate surface area is 105 Å². The van der Waals surface area contributed by atoms with Crippen LogP contribution in [0.4, 0.5) is 0 Å². The zero-order chi connectivity index (χ0) is 12.3. The van der Waals surface area contributed by atoms with E-state index < -0.39 is 0 Å². The molecule has 0 bridgehead atoms. The average molecular weight is 238 g/mol. The van der Waals surface area contributed by atoms with E-state index in [9.17, 15) is 4.79 Å². The minimum Gasteiger partial charge on any atom is -0.355 e. The second kappa shape index (κ2) is 5.38. The molecule has 0 aliphatic heterocycles. The van der Waals surface area contributed by atoms with Gasteiger partial charge in [-0.15, -0.1) is 0 Å². The van der Waals surface area contributed by atoms with Crippen LogP contribution >= 0.6 is 0 Å². The minimum absolute atomic E-state index is 0.110. The standard InChI is InChI=1S/C14H26N2O/c1-14(8-3-2-4-9-14)13(17)16-10-11-6-5-7-12(11)15/h11-12H,2-10,15H2,1H3,(H,16,17). The molecule has 3 N–H and O–H groups in total. The van der Waals surface area contributed by atoms with E-state index in [4.69, 9.17) is 5.73 Å². The summed E-state index contributed by atoms with van der Waals surface area (Å²) in [6.45, 7) is 2.91. The molecule has 3 nitrogen and oxygen atoms in total. The molecule has 2 aliphatic carbocycles. The Morgan fingerprint density at radius 2 is 1.94 bits per heavy atom. The molecule has 0 saturated heterocycles. The molecule has 2 saturated carbocycles. The Morgan fingerprint density at radius 1 is 1.24 bits per heavy atom. The first-order chi connectivity index (χ1) is 8.12. The predicted octanol–water partition coefficient (Wildman–Crippen LogP) is 2.20. The van der Waals surface area contributed by atoms with E-state index >= 15 is 0 Å². The van der Waals surface area contributed by atoms with Crippen molar-refractivity contribution in [2.24, 2.45) is 17.1 Å². The lowest BCUT2D eigenvalue weighted by atomic mass is 9.75. The summed E-state index contributed by atoms with van der Waals surface area (Å²) in [5.74, 6) is 0.766. The third-order valence-electron chi connectivity index (χ3n) is 4.75. The van der Waals surface area contributed by atoms with Crippen LogP contribution in [-0.2, 0) is 4.79 Å². The molecule has 0 spiro atoms. The van der Waals surface area contributed by atoms with Crippen LogP contribution in [0.5, 0.6) is 0 Å². The lowest BCUT2D eigenvalue weighted by Gasteiger charge is -2.32. The number of amides is 1. The molecule has 2 unspecified atom stereocenters. The van der Waals surface area contributed by atoms with Crippen molar-refractivity contribution in [1.82, 2.24) is 5.32 Å². The number of nitrogens with one attached hydrogen (secondary N) is 1. The Morgan fingerprint density at radius 3 is 2.53 bits per heavy atom. The van der Waals surface area contributed by atoms with Crippen LogP contribution in [-0.4, -0.2) is 18.5 Å². The predicted molar refractivity (Wildman–Crippen MR) is 69.5 cm³/mol. The highest BCUT2D eigenvalue weighted by Gasteiger charge is 2.35. The molecule has 2 fully saturated rings. The molecule has 98 valence electrons. The quantitative estimate of drug-likeness (QED) is 0.792. The number of hydrogen-bond acceptors (Lipinski definition) is 2. The van der Waals surface area contributed by atoms with E-state index in [1.165, 1.54) is 32.1 Å². The molecule has 17 heavy (non-hydrogen) atoms. The third kappa shape index (κ3) is 3.01. The molecule has 2 aliphatic rings. The van der Waals surface area contributed by atoms with E-state index in [1.807, 2.05) is 0 Å². The summed E-state index contributed by atoms with van der Waals surface area (Å²) < 4.78 is 0. The average Bonchev–Trinajstić information content (AvgIpc) is 2.73. The summed E-state index contributed by atoms with van der Waals surface area (Å²) in [6, 6.07) is 0.300. The maximum Gasteiger partial charge on any atom is 0.225 e. The highest BCUT2D eigenvalue weighted by molar-refractivity contribution is 5.82. The monoisotopic (exact) mass is 238 g/mol. The van der Waals surface area contributed by atoms with Gasteiger partial charge in [0.05, 0.1) is 0 Å². The lowest BCUT2D eigenvalue weighted by Crippen LogP contribution is -2.44. The van der Waals surface area contributed by atoms with E-state index in [0.29, 0.717) is 12.0 Å². The summed E-state index contributed by atoms with van der Waals surface area (Å²) in [6.07, 6.45) is 9.32. The van der Waals surface area contributed by atoms with Gasteiger partial charge < -0.3 is 11.1 Å². The fraction of sp³-hybridized carbons (Fsp3) is 0.929. The van der Waals surface area contributed by atoms with Crippen LogP contribution in [0.3, 0.4) is 0 Å². The van der Waals surface area contributed by atoms with Gasteiger partial charge in [-0.25, -0.2) is 0 Å². The van der Waals surface area contributed by atoms with Crippen molar-refractivity contribution in [3.63, 3.8) is 0 Å². The number of carbonyl (C=O) groups is 1. The third-order valence-corrected chi connectivity index (χ3v) is 4.75. The first-order valence-corrected chi connectivity index (χ1v) is 7.16. The molecule has 2 atom stereocenters. The topological polar surface area (TPSA) is 55.1 Å². The molecule has 0 radical (unpaired) electrons. The molecular weight excluding hydrogens is 212 g/mol. The van der Waals surface area contributed by atoms with Crippen LogP contribution in [0.1, 0.15) is 58.3 Å². The summed E-state index contributed by atoms with van der Waals surface area (Å²) in [5, 5.41) is 3.15. The molecule has 3 heteroatoms. The second-order valence-corrected chi connectivity index (χ2v) is 6.19. The van der Waals surface area contributed by atoms with Crippen LogP contribution in [0.25, 0.3) is 0 Å². The number of hydrogen-bond donors (Lipinski definition) is 2. The minimum atomic E-state index is -0.110. The van der Waals surface area contributed by atoms with Gasteiger partial charge in [0.15, 0.2) is 0 Å². The fourth-order valence-electron chi connectivity index (χ4n) is 3.32. The van der Waals surface area contributed by atoms with Crippen LogP contribution in [0.15, 0.2) is 0 Å². The Balaban J connectivity index is 1.80. The molecule has 1 amide bonds. The van der Waals surface area contributed by atoms with E-state index in [1.54, 1.807) is 0 Å². The van der Waals surface area contributed by atoms with E-state index in [-0.39, 0.29) is 11.3 Å². The van der Waals surface area contributed by atoms with Crippen molar-refractivity contribution in [1.29, 1.82) is 0 Å². The number of carbonyl (C=O) groups excluding carboxylic acids is 1. The summed E-state index contributed by atoms with van der Waals surface area (Å²) >= 11 is 0. The van der Waals surface area contributed by atoms with E-state index in [0.717, 1.165) is 25.8 Å². The summed E-state index contributed by atoms with van der Waals surface area (Å²) in [4.78, 5) is 12.2. The highest BCUT2D eigenvalue weighted by Crippen LogP contribution is 2.36. The van der Waals surface area contributed by atoms with Crippen molar-refractivity contribution in [3.8, 4) is 0 Å². The van der Waals surface area contributed by atoms with Gasteiger partial charge in [-0.2, -0.15) is 0 Å². The summed E-state index contributed by atoms with van der Waals surface area (Å²) in [5.41, 5.74) is 5.92. The maximum absolute atomic E-state index is 12.2. The smallest absolute Gasteiger partial charge is 0.225 e. The Kier molecular flexibility index (Phi) is 4.08. The fourth-order valence-corrected chi connectivity index (χ4v) is 3.32. The molecule has 2 rings (SSSR count). The summed E-state index contributed by atoms with van der Waals surface area (Å²) in [7, 11) is 0. The Hall–Kier alpha value is -0.570. The van der Waals surface area contributed by atoms with Gasteiger partial charge in [-0.05, 0) is 31.6 Å². The molecule has 0 heterocycles. The number of rotatable bonds is 3. The van der Waals surface area contributed by atoms with Gasteiger partial charge in [0.25, 0.3) is 0 Å². The van der Waals surface area contributed by atoms with Crippen LogP contribution in [0, 0.1) is 11.3 Å².